The normalized spacial score (nSPS) is 19.5. The zero-order valence-electron chi connectivity index (χ0n) is 18.8. The van der Waals surface area contributed by atoms with Gasteiger partial charge in [0.05, 0.1) is 0 Å². The standard InChI is InChI=1S/C27H30FN5/c28-24-12-5-4-10-22(24)21(23-17-25(29)30-27-26(23)31-33-32-27)11-6-7-18-13-15-20(16-14-18)19-8-2-1-3-9-19/h1-5,8-10,12,17-18,20-21H,6-7,11,13-16H2,(H3,29,30,31,32,33). The molecule has 0 spiro atoms. The van der Waals surface area contributed by atoms with Crippen molar-refractivity contribution in [2.24, 2.45) is 5.92 Å². The summed E-state index contributed by atoms with van der Waals surface area (Å²) in [5.74, 6) is 1.48. The maximum atomic E-state index is 14.8. The number of pyridine rings is 1. The van der Waals surface area contributed by atoms with E-state index in [4.69, 9.17) is 5.73 Å². The topological polar surface area (TPSA) is 80.5 Å². The van der Waals surface area contributed by atoms with Crippen molar-refractivity contribution in [3.05, 3.63) is 83.2 Å². The smallest absolute Gasteiger partial charge is 0.203 e. The van der Waals surface area contributed by atoms with Crippen molar-refractivity contribution >= 4 is 17.0 Å². The van der Waals surface area contributed by atoms with Gasteiger partial charge >= 0.3 is 0 Å². The summed E-state index contributed by atoms with van der Waals surface area (Å²) in [4.78, 5) is 4.26. The second-order valence-electron chi connectivity index (χ2n) is 9.27. The molecule has 0 radical (unpaired) electrons. The van der Waals surface area contributed by atoms with Crippen LogP contribution in [0.5, 0.6) is 0 Å². The highest BCUT2D eigenvalue weighted by molar-refractivity contribution is 5.77. The summed E-state index contributed by atoms with van der Waals surface area (Å²) in [5.41, 5.74) is 10.3. The fraction of sp³-hybridized carbons (Fsp3) is 0.370. The predicted octanol–water partition coefficient (Wildman–Crippen LogP) is 6.35. The maximum Gasteiger partial charge on any atom is 0.203 e. The number of H-pyrrole nitrogens is 1. The number of nitrogens with two attached hydrogens (primary N) is 1. The number of rotatable bonds is 7. The molecular weight excluding hydrogens is 413 g/mol. The van der Waals surface area contributed by atoms with Crippen LogP contribution in [0, 0.1) is 11.7 Å². The maximum absolute atomic E-state index is 14.8. The molecule has 1 unspecified atom stereocenters. The molecule has 0 amide bonds. The Kier molecular flexibility index (Phi) is 6.33. The lowest BCUT2D eigenvalue weighted by atomic mass is 9.76. The Morgan fingerprint density at radius 3 is 2.48 bits per heavy atom. The van der Waals surface area contributed by atoms with Crippen LogP contribution in [0.2, 0.25) is 0 Å². The monoisotopic (exact) mass is 443 g/mol. The van der Waals surface area contributed by atoms with Gasteiger partial charge in [0.2, 0.25) is 5.65 Å². The quantitative estimate of drug-likeness (QED) is 0.349. The van der Waals surface area contributed by atoms with Crippen LogP contribution in [0.3, 0.4) is 0 Å². The summed E-state index contributed by atoms with van der Waals surface area (Å²) in [7, 11) is 0. The van der Waals surface area contributed by atoms with Gasteiger partial charge < -0.3 is 5.73 Å². The zero-order valence-corrected chi connectivity index (χ0v) is 18.8. The highest BCUT2D eigenvalue weighted by Gasteiger charge is 2.25. The van der Waals surface area contributed by atoms with Crippen LogP contribution in [0.1, 0.15) is 73.5 Å². The molecule has 4 aromatic rings. The van der Waals surface area contributed by atoms with Crippen molar-refractivity contribution in [3.8, 4) is 0 Å². The molecule has 2 aromatic heterocycles. The second kappa shape index (κ2) is 9.69. The molecule has 2 heterocycles. The number of anilines is 1. The van der Waals surface area contributed by atoms with Gasteiger partial charge in [-0.15, -0.1) is 5.10 Å². The van der Waals surface area contributed by atoms with Crippen LogP contribution < -0.4 is 5.73 Å². The van der Waals surface area contributed by atoms with Gasteiger partial charge in [0.1, 0.15) is 17.2 Å². The van der Waals surface area contributed by atoms with Crippen molar-refractivity contribution in [1.29, 1.82) is 0 Å². The number of aromatic amines is 1. The minimum absolute atomic E-state index is 0.134. The Hall–Kier alpha value is -3.28. The third-order valence-corrected chi connectivity index (χ3v) is 7.22. The van der Waals surface area contributed by atoms with Gasteiger partial charge in [0.25, 0.3) is 0 Å². The van der Waals surface area contributed by atoms with Crippen LogP contribution in [0.4, 0.5) is 10.2 Å². The summed E-state index contributed by atoms with van der Waals surface area (Å²) < 4.78 is 14.8. The van der Waals surface area contributed by atoms with Crippen LogP contribution >= 0.6 is 0 Å². The van der Waals surface area contributed by atoms with Gasteiger partial charge in [-0.2, -0.15) is 10.3 Å². The average Bonchev–Trinajstić information content (AvgIpc) is 3.32. The molecule has 6 heteroatoms. The van der Waals surface area contributed by atoms with E-state index in [9.17, 15) is 4.39 Å². The summed E-state index contributed by atoms with van der Waals surface area (Å²) in [5, 5.41) is 11.0. The molecule has 5 nitrogen and oxygen atoms in total. The fourth-order valence-electron chi connectivity index (χ4n) is 5.50. The summed E-state index contributed by atoms with van der Waals surface area (Å²) in [6.07, 6.45) is 8.07. The summed E-state index contributed by atoms with van der Waals surface area (Å²) >= 11 is 0. The van der Waals surface area contributed by atoms with Gasteiger partial charge in [-0.1, -0.05) is 61.4 Å². The van der Waals surface area contributed by atoms with Crippen molar-refractivity contribution in [2.45, 2.75) is 56.8 Å². The average molecular weight is 444 g/mol. The number of fused-ring (bicyclic) bond motifs is 1. The Labute approximate surface area is 193 Å². The van der Waals surface area contributed by atoms with Crippen molar-refractivity contribution in [2.75, 3.05) is 5.73 Å². The first-order chi connectivity index (χ1) is 16.2. The number of aromatic nitrogens is 4. The van der Waals surface area contributed by atoms with Crippen LogP contribution in [-0.4, -0.2) is 20.4 Å². The van der Waals surface area contributed by atoms with E-state index in [1.54, 1.807) is 6.07 Å². The molecule has 1 aliphatic carbocycles. The fourth-order valence-corrected chi connectivity index (χ4v) is 5.50. The molecule has 1 atom stereocenters. The molecule has 1 saturated carbocycles. The molecule has 33 heavy (non-hydrogen) atoms. The van der Waals surface area contributed by atoms with Gasteiger partial charge in [0.15, 0.2) is 0 Å². The van der Waals surface area contributed by atoms with Gasteiger partial charge in [-0.25, -0.2) is 9.37 Å². The number of hydrogen-bond donors (Lipinski definition) is 2. The van der Waals surface area contributed by atoms with Crippen LogP contribution in [0.15, 0.2) is 60.7 Å². The Balaban J connectivity index is 1.29. The third kappa shape index (κ3) is 4.75. The summed E-state index contributed by atoms with van der Waals surface area (Å²) in [6.45, 7) is 0. The number of nitrogen functional groups attached to an aromatic ring is 1. The van der Waals surface area contributed by atoms with Crippen LogP contribution in [-0.2, 0) is 0 Å². The van der Waals surface area contributed by atoms with E-state index in [0.717, 1.165) is 30.7 Å². The van der Waals surface area contributed by atoms with Crippen molar-refractivity contribution in [3.63, 3.8) is 0 Å². The molecular formula is C27H30FN5. The number of benzene rings is 2. The first-order valence-corrected chi connectivity index (χ1v) is 12.0. The molecule has 2 aromatic carbocycles. The molecule has 1 fully saturated rings. The lowest BCUT2D eigenvalue weighted by molar-refractivity contribution is 0.301. The van der Waals surface area contributed by atoms with E-state index in [0.29, 0.717) is 28.5 Å². The van der Waals surface area contributed by atoms with Crippen molar-refractivity contribution < 1.29 is 4.39 Å². The molecule has 0 bridgehead atoms. The third-order valence-electron chi connectivity index (χ3n) is 7.22. The first-order valence-electron chi connectivity index (χ1n) is 12.0. The number of hydrogen-bond acceptors (Lipinski definition) is 4. The van der Waals surface area contributed by atoms with Gasteiger partial charge in [-0.3, -0.25) is 0 Å². The lowest BCUT2D eigenvalue weighted by Gasteiger charge is -2.29. The van der Waals surface area contributed by atoms with E-state index in [1.165, 1.54) is 37.3 Å². The highest BCUT2D eigenvalue weighted by atomic mass is 19.1. The zero-order chi connectivity index (χ0) is 22.6. The lowest BCUT2D eigenvalue weighted by Crippen LogP contribution is -2.14. The van der Waals surface area contributed by atoms with E-state index >= 15 is 0 Å². The van der Waals surface area contributed by atoms with Gasteiger partial charge in [-0.05, 0) is 72.8 Å². The number of nitrogens with zero attached hydrogens (tertiary/aromatic N) is 3. The molecule has 1 aliphatic rings. The minimum Gasteiger partial charge on any atom is -0.384 e. The Morgan fingerprint density at radius 1 is 0.939 bits per heavy atom. The molecule has 5 rings (SSSR count). The molecule has 0 saturated heterocycles. The molecule has 0 aliphatic heterocycles. The Morgan fingerprint density at radius 2 is 1.70 bits per heavy atom. The van der Waals surface area contributed by atoms with E-state index in [1.807, 2.05) is 18.2 Å². The Bertz CT molecular complexity index is 1200. The van der Waals surface area contributed by atoms with E-state index < -0.39 is 0 Å². The highest BCUT2D eigenvalue weighted by Crippen LogP contribution is 2.40. The minimum atomic E-state index is -0.196. The summed E-state index contributed by atoms with van der Waals surface area (Å²) in [6, 6.07) is 19.7. The predicted molar refractivity (Wildman–Crippen MR) is 129 cm³/mol. The second-order valence-corrected chi connectivity index (χ2v) is 9.27. The molecule has 3 N–H and O–H groups in total. The SMILES string of the molecule is Nc1cc(C(CCCC2CCC(c3ccccc3)CC2)c2ccccc2F)c2n[nH]nc2n1. The first kappa shape index (κ1) is 21.6. The largest absolute Gasteiger partial charge is 0.384 e. The van der Waals surface area contributed by atoms with Crippen molar-refractivity contribution in [1.82, 2.24) is 20.4 Å². The van der Waals surface area contributed by atoms with E-state index in [2.05, 4.69) is 50.7 Å². The number of halogens is 1. The van der Waals surface area contributed by atoms with E-state index in [-0.39, 0.29) is 11.7 Å². The molecule has 170 valence electrons. The van der Waals surface area contributed by atoms with Crippen LogP contribution in [0.25, 0.3) is 11.2 Å². The number of nitrogens with one attached hydrogen (secondary N) is 1. The van der Waals surface area contributed by atoms with Gasteiger partial charge in [0, 0.05) is 5.92 Å².